The molecule has 4 rings (SSSR count). The summed E-state index contributed by atoms with van der Waals surface area (Å²) >= 11 is 0. The van der Waals surface area contributed by atoms with Gasteiger partial charge in [0.2, 0.25) is 0 Å². The summed E-state index contributed by atoms with van der Waals surface area (Å²) in [7, 11) is 0. The molecular weight excluding hydrogens is 282 g/mol. The lowest BCUT2D eigenvalue weighted by molar-refractivity contribution is -0.151. The van der Waals surface area contributed by atoms with E-state index in [1.165, 1.54) is 36.9 Å². The van der Waals surface area contributed by atoms with Gasteiger partial charge in [-0.2, -0.15) is 0 Å². The quantitative estimate of drug-likeness (QED) is 0.729. The molecule has 1 saturated carbocycles. The first kappa shape index (κ1) is 15.3. The Labute approximate surface area is 140 Å². The minimum absolute atomic E-state index is 0.0455. The van der Waals surface area contributed by atoms with Crippen molar-refractivity contribution in [2.75, 3.05) is 13.2 Å². The van der Waals surface area contributed by atoms with Crippen molar-refractivity contribution in [2.24, 2.45) is 11.3 Å². The van der Waals surface area contributed by atoms with Gasteiger partial charge in [0, 0.05) is 29.5 Å². The minimum atomic E-state index is -0.0455. The molecule has 2 nitrogen and oxygen atoms in total. The molecule has 0 radical (unpaired) electrons. The highest BCUT2D eigenvalue weighted by molar-refractivity contribution is 5.33. The van der Waals surface area contributed by atoms with Gasteiger partial charge in [0.15, 0.2) is 0 Å². The van der Waals surface area contributed by atoms with Crippen LogP contribution in [0, 0.1) is 11.3 Å². The fraction of sp³-hybridized carbons (Fsp3) is 0.619. The van der Waals surface area contributed by atoms with E-state index in [4.69, 9.17) is 4.74 Å². The Balaban J connectivity index is 1.86. The van der Waals surface area contributed by atoms with Crippen molar-refractivity contribution in [3.63, 3.8) is 0 Å². The zero-order valence-corrected chi connectivity index (χ0v) is 14.7. The average Bonchev–Trinajstić information content (AvgIpc) is 2.96. The van der Waals surface area contributed by atoms with E-state index in [1.54, 1.807) is 0 Å². The van der Waals surface area contributed by atoms with E-state index in [1.807, 2.05) is 0 Å². The lowest BCUT2D eigenvalue weighted by Gasteiger charge is -2.55. The van der Waals surface area contributed by atoms with E-state index in [0.717, 1.165) is 13.2 Å². The lowest BCUT2D eigenvalue weighted by Crippen LogP contribution is -2.57. The van der Waals surface area contributed by atoms with Gasteiger partial charge in [-0.05, 0) is 24.8 Å². The molecule has 3 aliphatic rings. The molecule has 0 amide bonds. The van der Waals surface area contributed by atoms with Crippen molar-refractivity contribution >= 4 is 0 Å². The second-order valence-electron chi connectivity index (χ2n) is 8.44. The summed E-state index contributed by atoms with van der Waals surface area (Å²) in [5, 5.41) is 0. The van der Waals surface area contributed by atoms with Crippen LogP contribution in [0.2, 0.25) is 0 Å². The van der Waals surface area contributed by atoms with Crippen molar-refractivity contribution < 1.29 is 4.74 Å². The fourth-order valence-corrected chi connectivity index (χ4v) is 5.07. The third-order valence-corrected chi connectivity index (χ3v) is 6.02. The number of rotatable bonds is 1. The molecule has 2 heteroatoms. The Morgan fingerprint density at radius 2 is 1.91 bits per heavy atom. The van der Waals surface area contributed by atoms with Crippen molar-refractivity contribution in [3.8, 4) is 0 Å². The zero-order valence-electron chi connectivity index (χ0n) is 14.7. The number of allylic oxidation sites excluding steroid dienone is 2. The highest BCUT2D eigenvalue weighted by Crippen LogP contribution is 2.55. The molecule has 3 atom stereocenters. The molecule has 2 heterocycles. The van der Waals surface area contributed by atoms with E-state index in [0.29, 0.717) is 11.8 Å². The van der Waals surface area contributed by atoms with Crippen molar-refractivity contribution in [1.82, 2.24) is 4.90 Å². The Kier molecular flexibility index (Phi) is 3.57. The fourth-order valence-electron chi connectivity index (χ4n) is 5.07. The number of ether oxygens (including phenoxy) is 1. The van der Waals surface area contributed by atoms with Crippen LogP contribution in [0.1, 0.15) is 57.9 Å². The first-order valence-corrected chi connectivity index (χ1v) is 9.21. The van der Waals surface area contributed by atoms with E-state index in [2.05, 4.69) is 62.1 Å². The van der Waals surface area contributed by atoms with Crippen LogP contribution < -0.4 is 0 Å². The Morgan fingerprint density at radius 3 is 2.65 bits per heavy atom. The summed E-state index contributed by atoms with van der Waals surface area (Å²) in [6.45, 7) is 8.97. The average molecular weight is 311 g/mol. The summed E-state index contributed by atoms with van der Waals surface area (Å²) in [5.41, 5.74) is 3.06. The number of nitrogens with zero attached hydrogens (tertiary/aromatic N) is 1. The molecule has 1 aliphatic carbocycles. The van der Waals surface area contributed by atoms with E-state index < -0.39 is 0 Å². The lowest BCUT2D eigenvalue weighted by atomic mass is 9.66. The number of benzene rings is 1. The predicted molar refractivity (Wildman–Crippen MR) is 94.1 cm³/mol. The Morgan fingerprint density at radius 1 is 1.13 bits per heavy atom. The van der Waals surface area contributed by atoms with Gasteiger partial charge in [0.1, 0.15) is 5.72 Å². The molecule has 1 aromatic carbocycles. The smallest absolute Gasteiger partial charge is 0.144 e. The zero-order chi connectivity index (χ0) is 16.1. The van der Waals surface area contributed by atoms with Crippen molar-refractivity contribution in [2.45, 2.75) is 58.1 Å². The molecule has 0 N–H and O–H groups in total. The molecule has 1 aromatic rings. The van der Waals surface area contributed by atoms with E-state index in [9.17, 15) is 0 Å². The van der Waals surface area contributed by atoms with Crippen LogP contribution >= 0.6 is 0 Å². The summed E-state index contributed by atoms with van der Waals surface area (Å²) in [6.07, 6.45) is 7.67. The van der Waals surface area contributed by atoms with Crippen molar-refractivity contribution in [1.29, 1.82) is 0 Å². The van der Waals surface area contributed by atoms with Crippen molar-refractivity contribution in [3.05, 3.63) is 47.7 Å². The van der Waals surface area contributed by atoms with Crippen LogP contribution in [-0.4, -0.2) is 23.8 Å². The van der Waals surface area contributed by atoms with Gasteiger partial charge in [0.25, 0.3) is 0 Å². The Bertz CT molecular complexity index is 600. The van der Waals surface area contributed by atoms with Gasteiger partial charge in [-0.25, -0.2) is 0 Å². The highest BCUT2D eigenvalue weighted by atomic mass is 16.5. The number of hydrogen-bond donors (Lipinski definition) is 0. The molecule has 1 saturated heterocycles. The van der Waals surface area contributed by atoms with Crippen LogP contribution in [0.5, 0.6) is 0 Å². The summed E-state index contributed by atoms with van der Waals surface area (Å²) < 4.78 is 6.51. The second-order valence-corrected chi connectivity index (χ2v) is 8.44. The van der Waals surface area contributed by atoms with E-state index in [-0.39, 0.29) is 11.1 Å². The van der Waals surface area contributed by atoms with Gasteiger partial charge < -0.3 is 9.64 Å². The largest absolute Gasteiger partial charge is 0.353 e. The van der Waals surface area contributed by atoms with Gasteiger partial charge in [-0.1, -0.05) is 63.6 Å². The predicted octanol–water partition coefficient (Wildman–Crippen LogP) is 4.93. The first-order valence-electron chi connectivity index (χ1n) is 9.21. The molecule has 23 heavy (non-hydrogen) atoms. The maximum atomic E-state index is 6.51. The van der Waals surface area contributed by atoms with Crippen LogP contribution in [0.4, 0.5) is 0 Å². The number of hydrogen-bond acceptors (Lipinski definition) is 2. The van der Waals surface area contributed by atoms with Gasteiger partial charge in [-0.3, -0.25) is 0 Å². The van der Waals surface area contributed by atoms with Gasteiger partial charge in [-0.15, -0.1) is 0 Å². The molecular formula is C21H29NO. The van der Waals surface area contributed by atoms with Crippen LogP contribution in [0.25, 0.3) is 0 Å². The maximum absolute atomic E-state index is 6.51. The molecule has 1 spiro atoms. The molecule has 124 valence electrons. The molecule has 0 bridgehead atoms. The molecule has 0 unspecified atom stereocenters. The topological polar surface area (TPSA) is 12.5 Å². The summed E-state index contributed by atoms with van der Waals surface area (Å²) in [6, 6.07) is 11.1. The second kappa shape index (κ2) is 5.37. The Hall–Kier alpha value is -1.28. The highest BCUT2D eigenvalue weighted by Gasteiger charge is 2.56. The van der Waals surface area contributed by atoms with E-state index >= 15 is 0 Å². The third kappa shape index (κ3) is 2.34. The normalized spacial score (nSPS) is 33.9. The first-order chi connectivity index (χ1) is 11.0. The van der Waals surface area contributed by atoms with Gasteiger partial charge >= 0.3 is 0 Å². The van der Waals surface area contributed by atoms with Crippen LogP contribution in [0.15, 0.2) is 42.1 Å². The van der Waals surface area contributed by atoms with Gasteiger partial charge in [0.05, 0.1) is 6.61 Å². The SMILES string of the molecule is CC(C)(C)C1=C[C@@H](c2ccccc2)[C@H]2CCCC[C@]23OCCN13. The summed E-state index contributed by atoms with van der Waals surface area (Å²) in [5.74, 6) is 1.08. The molecule has 2 aliphatic heterocycles. The standard InChI is InChI=1S/C21H29NO/c1-20(2,3)19-15-17(16-9-5-4-6-10-16)18-11-7-8-12-21(18)22(19)13-14-23-21/h4-6,9-10,15,17-18H,7-8,11-14H2,1-3H3/t17-,18+,21-/m0/s1. The monoisotopic (exact) mass is 311 g/mol. The maximum Gasteiger partial charge on any atom is 0.144 e. The minimum Gasteiger partial charge on any atom is -0.353 e. The summed E-state index contributed by atoms with van der Waals surface area (Å²) in [4.78, 5) is 2.64. The molecule has 2 fully saturated rings. The molecule has 0 aromatic heterocycles. The third-order valence-electron chi connectivity index (χ3n) is 6.02. The van der Waals surface area contributed by atoms with Crippen LogP contribution in [-0.2, 0) is 4.74 Å². The van der Waals surface area contributed by atoms with Crippen LogP contribution in [0.3, 0.4) is 0 Å².